The molecule has 0 amide bonds. The van der Waals surface area contributed by atoms with Gasteiger partial charge in [0.1, 0.15) is 22.6 Å². The molecular formula is C12H11ClF2N4O. The molecule has 106 valence electrons. The largest absolute Gasteiger partial charge is 0.386 e. The fourth-order valence-electron chi connectivity index (χ4n) is 1.61. The van der Waals surface area contributed by atoms with Gasteiger partial charge >= 0.3 is 0 Å². The molecule has 0 saturated carbocycles. The van der Waals surface area contributed by atoms with Gasteiger partial charge < -0.3 is 16.2 Å². The molecule has 0 fully saturated rings. The van der Waals surface area contributed by atoms with Crippen LogP contribution in [0.5, 0.6) is 0 Å². The van der Waals surface area contributed by atoms with Crippen molar-refractivity contribution in [2.24, 2.45) is 0 Å². The van der Waals surface area contributed by atoms with Gasteiger partial charge in [-0.3, -0.25) is 0 Å². The van der Waals surface area contributed by atoms with Crippen molar-refractivity contribution in [3.63, 3.8) is 0 Å². The molecule has 1 atom stereocenters. The third kappa shape index (κ3) is 3.52. The highest BCUT2D eigenvalue weighted by molar-refractivity contribution is 6.29. The molecule has 1 aromatic heterocycles. The Kier molecular flexibility index (Phi) is 4.31. The number of nitrogens with zero attached hydrogens (tertiary/aromatic N) is 2. The van der Waals surface area contributed by atoms with Crippen LogP contribution in [0, 0.1) is 11.6 Å². The molecule has 0 aliphatic heterocycles. The first-order chi connectivity index (χ1) is 9.45. The van der Waals surface area contributed by atoms with Gasteiger partial charge in [-0.05, 0) is 6.07 Å². The molecule has 5 nitrogen and oxygen atoms in total. The lowest BCUT2D eigenvalue weighted by Gasteiger charge is -2.13. The number of aliphatic hydroxyl groups excluding tert-OH is 1. The standard InChI is InChI=1S/C12H11ClF2N4O/c13-10-4-11(19-12(16)18-10)17-5-9(20)7-2-1-6(14)3-8(7)15/h1-4,9,20H,5H2,(H3,16,17,18,19)/t9-/m1/s1. The van der Waals surface area contributed by atoms with Gasteiger partial charge in [0, 0.05) is 24.2 Å². The predicted octanol–water partition coefficient (Wildman–Crippen LogP) is 2.14. The molecule has 0 unspecified atom stereocenters. The topological polar surface area (TPSA) is 84.1 Å². The Morgan fingerprint density at radius 2 is 2.05 bits per heavy atom. The maximum atomic E-state index is 13.5. The second-order valence-corrected chi connectivity index (χ2v) is 4.38. The summed E-state index contributed by atoms with van der Waals surface area (Å²) in [4.78, 5) is 7.51. The zero-order valence-corrected chi connectivity index (χ0v) is 10.9. The number of hydrogen-bond acceptors (Lipinski definition) is 5. The zero-order valence-electron chi connectivity index (χ0n) is 10.1. The molecule has 0 radical (unpaired) electrons. The Morgan fingerprint density at radius 3 is 2.70 bits per heavy atom. The normalized spacial score (nSPS) is 12.2. The van der Waals surface area contributed by atoms with Crippen LogP contribution < -0.4 is 11.1 Å². The molecule has 2 rings (SSSR count). The number of nitrogens with one attached hydrogen (secondary N) is 1. The first kappa shape index (κ1) is 14.4. The van der Waals surface area contributed by atoms with Crippen molar-refractivity contribution in [3.05, 3.63) is 46.6 Å². The molecule has 1 aromatic carbocycles. The van der Waals surface area contributed by atoms with Gasteiger partial charge in [-0.1, -0.05) is 17.7 Å². The SMILES string of the molecule is Nc1nc(Cl)cc(NC[C@@H](O)c2ccc(F)cc2F)n1. The highest BCUT2D eigenvalue weighted by atomic mass is 35.5. The lowest BCUT2D eigenvalue weighted by atomic mass is 10.1. The van der Waals surface area contributed by atoms with Crippen molar-refractivity contribution in [2.75, 3.05) is 17.6 Å². The van der Waals surface area contributed by atoms with E-state index >= 15 is 0 Å². The summed E-state index contributed by atoms with van der Waals surface area (Å²) >= 11 is 5.69. The van der Waals surface area contributed by atoms with Gasteiger partial charge in [0.15, 0.2) is 0 Å². The summed E-state index contributed by atoms with van der Waals surface area (Å²) in [5, 5.41) is 12.7. The van der Waals surface area contributed by atoms with Crippen LogP contribution in [0.25, 0.3) is 0 Å². The molecule has 0 aliphatic rings. The van der Waals surface area contributed by atoms with Crippen LogP contribution in [0.15, 0.2) is 24.3 Å². The summed E-state index contributed by atoms with van der Waals surface area (Å²) in [5.74, 6) is -1.26. The number of anilines is 2. The van der Waals surface area contributed by atoms with Crippen LogP contribution in [0.1, 0.15) is 11.7 Å². The van der Waals surface area contributed by atoms with E-state index in [1.165, 1.54) is 12.1 Å². The average molecular weight is 301 g/mol. The molecule has 0 aliphatic carbocycles. The van der Waals surface area contributed by atoms with E-state index in [0.717, 1.165) is 6.07 Å². The van der Waals surface area contributed by atoms with Gasteiger partial charge in [0.25, 0.3) is 0 Å². The van der Waals surface area contributed by atoms with Gasteiger partial charge in [0.05, 0.1) is 6.10 Å². The highest BCUT2D eigenvalue weighted by Gasteiger charge is 2.13. The van der Waals surface area contributed by atoms with E-state index in [2.05, 4.69) is 15.3 Å². The summed E-state index contributed by atoms with van der Waals surface area (Å²) < 4.78 is 26.2. The lowest BCUT2D eigenvalue weighted by Crippen LogP contribution is -2.15. The molecule has 0 spiro atoms. The average Bonchev–Trinajstić information content (AvgIpc) is 2.35. The van der Waals surface area contributed by atoms with Gasteiger partial charge in [-0.25, -0.2) is 13.8 Å². The number of aliphatic hydroxyl groups is 1. The van der Waals surface area contributed by atoms with Crippen molar-refractivity contribution < 1.29 is 13.9 Å². The Balaban J connectivity index is 2.06. The molecule has 0 bridgehead atoms. The van der Waals surface area contributed by atoms with Crippen molar-refractivity contribution in [1.29, 1.82) is 0 Å². The second kappa shape index (κ2) is 5.98. The number of nitrogens with two attached hydrogens (primary N) is 1. The van der Waals surface area contributed by atoms with Crippen LogP contribution in [-0.4, -0.2) is 21.6 Å². The minimum Gasteiger partial charge on any atom is -0.386 e. The van der Waals surface area contributed by atoms with Crippen molar-refractivity contribution >= 4 is 23.4 Å². The third-order valence-electron chi connectivity index (χ3n) is 2.51. The number of benzene rings is 1. The molecule has 2 aromatic rings. The second-order valence-electron chi connectivity index (χ2n) is 4.00. The fourth-order valence-corrected chi connectivity index (χ4v) is 1.80. The van der Waals surface area contributed by atoms with Crippen LogP contribution in [0.3, 0.4) is 0 Å². The van der Waals surface area contributed by atoms with E-state index in [0.29, 0.717) is 11.9 Å². The molecule has 4 N–H and O–H groups in total. The maximum Gasteiger partial charge on any atom is 0.223 e. The molecular weight excluding hydrogens is 290 g/mol. The number of nitrogen functional groups attached to an aromatic ring is 1. The summed E-state index contributed by atoms with van der Waals surface area (Å²) in [6.45, 7) is -0.0463. The number of rotatable bonds is 4. The van der Waals surface area contributed by atoms with E-state index in [-0.39, 0.29) is 23.2 Å². The van der Waals surface area contributed by atoms with Gasteiger partial charge in [0.2, 0.25) is 5.95 Å². The van der Waals surface area contributed by atoms with Crippen LogP contribution in [-0.2, 0) is 0 Å². The summed E-state index contributed by atoms with van der Waals surface area (Å²) in [6, 6.07) is 4.36. The fraction of sp³-hybridized carbons (Fsp3) is 0.167. The molecule has 20 heavy (non-hydrogen) atoms. The summed E-state index contributed by atoms with van der Waals surface area (Å²) in [7, 11) is 0. The first-order valence-electron chi connectivity index (χ1n) is 5.62. The number of aromatic nitrogens is 2. The predicted molar refractivity (Wildman–Crippen MR) is 71.3 cm³/mol. The molecule has 0 saturated heterocycles. The first-order valence-corrected chi connectivity index (χ1v) is 6.00. The van der Waals surface area contributed by atoms with Gasteiger partial charge in [-0.2, -0.15) is 4.98 Å². The van der Waals surface area contributed by atoms with Crippen LogP contribution in [0.2, 0.25) is 5.15 Å². The van der Waals surface area contributed by atoms with Gasteiger partial charge in [-0.15, -0.1) is 0 Å². The van der Waals surface area contributed by atoms with E-state index in [1.54, 1.807) is 0 Å². The van der Waals surface area contributed by atoms with Crippen molar-refractivity contribution in [1.82, 2.24) is 9.97 Å². The Hall–Kier alpha value is -1.99. The quantitative estimate of drug-likeness (QED) is 0.753. The minimum absolute atomic E-state index is 0.0213. The Morgan fingerprint density at radius 1 is 1.30 bits per heavy atom. The minimum atomic E-state index is -1.18. The summed E-state index contributed by atoms with van der Waals surface area (Å²) in [6.07, 6.45) is -1.18. The molecule has 8 heteroatoms. The Bertz CT molecular complexity index is 606. The van der Waals surface area contributed by atoms with E-state index in [9.17, 15) is 13.9 Å². The monoisotopic (exact) mass is 300 g/mol. The van der Waals surface area contributed by atoms with Crippen molar-refractivity contribution in [3.8, 4) is 0 Å². The maximum absolute atomic E-state index is 13.5. The van der Waals surface area contributed by atoms with E-state index < -0.39 is 17.7 Å². The van der Waals surface area contributed by atoms with Crippen molar-refractivity contribution in [2.45, 2.75) is 6.10 Å². The van der Waals surface area contributed by atoms with E-state index in [1.807, 2.05) is 0 Å². The molecule has 1 heterocycles. The van der Waals surface area contributed by atoms with Crippen LogP contribution >= 0.6 is 11.6 Å². The van der Waals surface area contributed by atoms with Crippen LogP contribution in [0.4, 0.5) is 20.5 Å². The highest BCUT2D eigenvalue weighted by Crippen LogP contribution is 2.19. The number of hydrogen-bond donors (Lipinski definition) is 3. The zero-order chi connectivity index (χ0) is 14.7. The third-order valence-corrected chi connectivity index (χ3v) is 2.70. The lowest BCUT2D eigenvalue weighted by molar-refractivity contribution is 0.186. The van der Waals surface area contributed by atoms with E-state index in [4.69, 9.17) is 17.3 Å². The Labute approximate surface area is 118 Å². The smallest absolute Gasteiger partial charge is 0.223 e. The summed E-state index contributed by atoms with van der Waals surface area (Å²) in [5.41, 5.74) is 5.39. The number of halogens is 3.